The van der Waals surface area contributed by atoms with Gasteiger partial charge in [0.1, 0.15) is 29.2 Å². The van der Waals surface area contributed by atoms with Crippen LogP contribution < -0.4 is 14.2 Å². The topological polar surface area (TPSA) is 102 Å². The third kappa shape index (κ3) is 6.60. The van der Waals surface area contributed by atoms with Crippen LogP contribution in [0.1, 0.15) is 29.1 Å². The molecule has 0 saturated carbocycles. The highest BCUT2D eigenvalue weighted by molar-refractivity contribution is 7.99. The van der Waals surface area contributed by atoms with Crippen LogP contribution in [0.25, 0.3) is 5.69 Å². The van der Waals surface area contributed by atoms with E-state index in [0.717, 1.165) is 11.4 Å². The lowest BCUT2D eigenvalue weighted by molar-refractivity contribution is -0.479. The van der Waals surface area contributed by atoms with E-state index in [1.165, 1.54) is 31.0 Å². The third-order valence-electron chi connectivity index (χ3n) is 5.61. The van der Waals surface area contributed by atoms with Crippen LogP contribution in [0.2, 0.25) is 0 Å². The van der Waals surface area contributed by atoms with Crippen molar-refractivity contribution in [1.82, 2.24) is 14.8 Å². The minimum Gasteiger partial charge on any atom is -0.494 e. The highest BCUT2D eigenvalue weighted by atomic mass is 32.2. The predicted octanol–water partition coefficient (Wildman–Crippen LogP) is 5.81. The van der Waals surface area contributed by atoms with E-state index >= 15 is 0 Å². The Balaban J connectivity index is 1.59. The summed E-state index contributed by atoms with van der Waals surface area (Å²) in [6.07, 6.45) is 0. The zero-order valence-electron chi connectivity index (χ0n) is 21.2. The summed E-state index contributed by atoms with van der Waals surface area (Å²) in [5.41, 5.74) is 2.15. The molecule has 0 fully saturated rings. The summed E-state index contributed by atoms with van der Waals surface area (Å²) in [5.74, 6) is 1.90. The molecule has 1 aromatic heterocycles. The fraction of sp³-hybridized carbons (Fsp3) is 0.259. The van der Waals surface area contributed by atoms with Crippen molar-refractivity contribution >= 4 is 11.8 Å². The average molecular weight is 539 g/mol. The van der Waals surface area contributed by atoms with Gasteiger partial charge in [-0.15, -0.1) is 10.2 Å². The highest BCUT2D eigenvalue weighted by Crippen LogP contribution is 2.39. The van der Waals surface area contributed by atoms with Crippen LogP contribution in [0.5, 0.6) is 17.2 Å². The lowest BCUT2D eigenvalue weighted by Gasteiger charge is -2.17. The minimum atomic E-state index is -0.582. The molecule has 0 spiro atoms. The third-order valence-corrected chi connectivity index (χ3v) is 6.79. The zero-order chi connectivity index (χ0) is 27.1. The summed E-state index contributed by atoms with van der Waals surface area (Å²) in [6, 6.07) is 18.8. The van der Waals surface area contributed by atoms with Crippen LogP contribution >= 0.6 is 11.8 Å². The minimum absolute atomic E-state index is 0.144. The smallest absolute Gasteiger partial charge is 0.220 e. The fourth-order valence-electron chi connectivity index (χ4n) is 3.84. The first-order valence-corrected chi connectivity index (χ1v) is 12.7. The molecule has 0 unspecified atom stereocenters. The summed E-state index contributed by atoms with van der Waals surface area (Å²) in [5, 5.41) is 20.0. The molecule has 1 atom stereocenters. The van der Waals surface area contributed by atoms with Gasteiger partial charge in [-0.3, -0.25) is 14.7 Å². The first kappa shape index (κ1) is 26.9. The first-order valence-electron chi connectivity index (χ1n) is 11.9. The van der Waals surface area contributed by atoms with Crippen molar-refractivity contribution < 1.29 is 23.5 Å². The Morgan fingerprint density at radius 2 is 1.84 bits per heavy atom. The van der Waals surface area contributed by atoms with Gasteiger partial charge in [0.05, 0.1) is 13.7 Å². The second-order valence-electron chi connectivity index (χ2n) is 8.24. The Kier molecular flexibility index (Phi) is 8.80. The number of halogens is 1. The van der Waals surface area contributed by atoms with Gasteiger partial charge in [0.2, 0.25) is 6.54 Å². The lowest BCUT2D eigenvalue weighted by atomic mass is 10.1. The molecule has 0 radical (unpaired) electrons. The van der Waals surface area contributed by atoms with Crippen LogP contribution in [0.4, 0.5) is 4.39 Å². The van der Waals surface area contributed by atoms with E-state index in [0.29, 0.717) is 40.2 Å². The van der Waals surface area contributed by atoms with Crippen LogP contribution in [0.15, 0.2) is 71.9 Å². The van der Waals surface area contributed by atoms with Gasteiger partial charge in [0.15, 0.2) is 16.7 Å². The van der Waals surface area contributed by atoms with E-state index in [9.17, 15) is 14.5 Å². The van der Waals surface area contributed by atoms with Crippen molar-refractivity contribution in [2.75, 3.05) is 20.3 Å². The lowest BCUT2D eigenvalue weighted by Crippen LogP contribution is -2.11. The van der Waals surface area contributed by atoms with Gasteiger partial charge >= 0.3 is 0 Å². The molecule has 11 heteroatoms. The van der Waals surface area contributed by atoms with Crippen molar-refractivity contribution in [3.63, 3.8) is 0 Å². The number of nitro groups is 1. The maximum absolute atomic E-state index is 13.5. The molecule has 4 aromatic rings. The van der Waals surface area contributed by atoms with Gasteiger partial charge in [-0.05, 0) is 73.5 Å². The van der Waals surface area contributed by atoms with E-state index in [2.05, 4.69) is 10.2 Å². The maximum atomic E-state index is 13.5. The number of benzene rings is 3. The molecule has 0 N–H and O–H groups in total. The van der Waals surface area contributed by atoms with Gasteiger partial charge in [-0.1, -0.05) is 30.0 Å². The van der Waals surface area contributed by atoms with E-state index in [1.54, 1.807) is 30.3 Å². The molecule has 9 nitrogen and oxygen atoms in total. The van der Waals surface area contributed by atoms with Crippen LogP contribution in [-0.4, -0.2) is 39.9 Å². The van der Waals surface area contributed by atoms with Gasteiger partial charge in [0, 0.05) is 10.6 Å². The number of hydrogen-bond donors (Lipinski definition) is 0. The summed E-state index contributed by atoms with van der Waals surface area (Å²) >= 11 is 1.24. The predicted molar refractivity (Wildman–Crippen MR) is 141 cm³/mol. The van der Waals surface area contributed by atoms with Crippen molar-refractivity contribution in [2.24, 2.45) is 0 Å². The molecule has 38 heavy (non-hydrogen) atoms. The number of ether oxygens (including phenoxy) is 3. The van der Waals surface area contributed by atoms with Gasteiger partial charge in [-0.2, -0.15) is 0 Å². The van der Waals surface area contributed by atoms with E-state index < -0.39 is 5.25 Å². The molecule has 0 aliphatic heterocycles. The Bertz CT molecular complexity index is 1400. The molecule has 198 valence electrons. The van der Waals surface area contributed by atoms with Crippen LogP contribution in [0.3, 0.4) is 0 Å². The standard InChI is InChI=1S/C27H27FN4O5S/c1-4-36-23-11-9-22(10-12-23)32-18(2)29-30-27(32)38-26(16-31(33)34)20-8-13-24(25(15-20)35-3)37-17-19-6-5-7-21(28)14-19/h5-15,26H,4,16-17H2,1-3H3/t26-/m1/s1. The number of nitrogens with zero attached hydrogens (tertiary/aromatic N) is 4. The Hall–Kier alpha value is -4.12. The first-order chi connectivity index (χ1) is 18.4. The molecule has 0 amide bonds. The van der Waals surface area contributed by atoms with Gasteiger partial charge in [0.25, 0.3) is 0 Å². The molecule has 0 saturated heterocycles. The molecular formula is C27H27FN4O5S. The molecule has 0 bridgehead atoms. The Morgan fingerprint density at radius 3 is 2.53 bits per heavy atom. The van der Waals surface area contributed by atoms with Crippen LogP contribution in [-0.2, 0) is 6.61 Å². The van der Waals surface area contributed by atoms with Gasteiger partial charge in [-0.25, -0.2) is 4.39 Å². The van der Waals surface area contributed by atoms with Crippen molar-refractivity contribution in [3.8, 4) is 22.9 Å². The van der Waals surface area contributed by atoms with Crippen molar-refractivity contribution in [1.29, 1.82) is 0 Å². The van der Waals surface area contributed by atoms with Crippen molar-refractivity contribution in [3.05, 3.63) is 99.6 Å². The Labute approximate surface area is 223 Å². The zero-order valence-corrected chi connectivity index (χ0v) is 22.0. The van der Waals surface area contributed by atoms with Crippen molar-refractivity contribution in [2.45, 2.75) is 30.9 Å². The quantitative estimate of drug-likeness (QED) is 0.127. The summed E-state index contributed by atoms with van der Waals surface area (Å²) in [7, 11) is 1.50. The Morgan fingerprint density at radius 1 is 1.05 bits per heavy atom. The summed E-state index contributed by atoms with van der Waals surface area (Å²) in [4.78, 5) is 11.2. The van der Waals surface area contributed by atoms with Gasteiger partial charge < -0.3 is 14.2 Å². The second-order valence-corrected chi connectivity index (χ2v) is 9.41. The van der Waals surface area contributed by atoms with E-state index in [1.807, 2.05) is 42.7 Å². The highest BCUT2D eigenvalue weighted by Gasteiger charge is 2.25. The average Bonchev–Trinajstić information content (AvgIpc) is 3.27. The number of aryl methyl sites for hydroxylation is 1. The molecule has 1 heterocycles. The molecular weight excluding hydrogens is 511 g/mol. The molecule has 0 aliphatic rings. The normalized spacial score (nSPS) is 11.7. The molecule has 3 aromatic carbocycles. The largest absolute Gasteiger partial charge is 0.494 e. The molecule has 0 aliphatic carbocycles. The number of methoxy groups -OCH3 is 1. The fourth-order valence-corrected chi connectivity index (χ4v) is 5.00. The van der Waals surface area contributed by atoms with E-state index in [-0.39, 0.29) is 23.9 Å². The monoisotopic (exact) mass is 538 g/mol. The number of rotatable bonds is 12. The van der Waals surface area contributed by atoms with E-state index in [4.69, 9.17) is 14.2 Å². The maximum Gasteiger partial charge on any atom is 0.220 e. The number of hydrogen-bond acceptors (Lipinski definition) is 8. The second kappa shape index (κ2) is 12.4. The SMILES string of the molecule is CCOc1ccc(-n2c(C)nnc2S[C@H](C[N+](=O)[O-])c2ccc(OCc3cccc(F)c3)c(OC)c2)cc1. The summed E-state index contributed by atoms with van der Waals surface area (Å²) in [6.45, 7) is 4.11. The number of thioether (sulfide) groups is 1. The number of aromatic nitrogens is 3. The molecule has 4 rings (SSSR count). The summed E-state index contributed by atoms with van der Waals surface area (Å²) < 4.78 is 32.2. The van der Waals surface area contributed by atoms with Crippen LogP contribution in [0, 0.1) is 22.9 Å².